The molecule has 0 spiro atoms. The molecular formula is C16H18N2S. The minimum atomic E-state index is 0.205. The van der Waals surface area contributed by atoms with Gasteiger partial charge in [0.2, 0.25) is 0 Å². The Morgan fingerprint density at radius 1 is 1.11 bits per heavy atom. The van der Waals surface area contributed by atoms with Crippen molar-refractivity contribution in [1.82, 2.24) is 0 Å². The summed E-state index contributed by atoms with van der Waals surface area (Å²) in [5, 5.41) is 0. The number of nitrogens with zero attached hydrogens (tertiary/aromatic N) is 1. The average Bonchev–Trinajstić information content (AvgIpc) is 2.38. The van der Waals surface area contributed by atoms with Gasteiger partial charge in [0, 0.05) is 22.9 Å². The maximum absolute atomic E-state index is 5.89. The first-order chi connectivity index (χ1) is 9.15. The van der Waals surface area contributed by atoms with Crippen LogP contribution in [0, 0.1) is 0 Å². The minimum Gasteiger partial charge on any atom is -0.343 e. The summed E-state index contributed by atoms with van der Waals surface area (Å²) < 4.78 is 0. The molecule has 1 atom stereocenters. The Kier molecular flexibility index (Phi) is 3.25. The third-order valence-corrected chi connectivity index (χ3v) is 4.50. The zero-order chi connectivity index (χ0) is 13.4. The maximum atomic E-state index is 5.89. The van der Waals surface area contributed by atoms with Gasteiger partial charge in [-0.05, 0) is 43.2 Å². The zero-order valence-corrected chi connectivity index (χ0v) is 12.1. The molecule has 0 bridgehead atoms. The van der Waals surface area contributed by atoms with Crippen LogP contribution < -0.4 is 10.6 Å². The molecule has 3 heteroatoms. The van der Waals surface area contributed by atoms with Crippen molar-refractivity contribution in [3.63, 3.8) is 0 Å². The smallest absolute Gasteiger partial charge is 0.0550 e. The molecule has 2 nitrogen and oxygen atoms in total. The average molecular weight is 270 g/mol. The van der Waals surface area contributed by atoms with Crippen LogP contribution in [0.4, 0.5) is 11.4 Å². The van der Waals surface area contributed by atoms with Gasteiger partial charge in [0.25, 0.3) is 0 Å². The number of nitrogens with two attached hydrogens (primary N) is 1. The topological polar surface area (TPSA) is 29.3 Å². The molecule has 0 radical (unpaired) electrons. The summed E-state index contributed by atoms with van der Waals surface area (Å²) in [7, 11) is 2.13. The summed E-state index contributed by atoms with van der Waals surface area (Å²) in [6, 6.07) is 15.4. The van der Waals surface area contributed by atoms with Crippen molar-refractivity contribution in [2.75, 3.05) is 11.9 Å². The molecule has 19 heavy (non-hydrogen) atoms. The number of para-hydroxylation sites is 1. The van der Waals surface area contributed by atoms with Gasteiger partial charge >= 0.3 is 0 Å². The zero-order valence-electron chi connectivity index (χ0n) is 11.3. The molecule has 0 aliphatic carbocycles. The van der Waals surface area contributed by atoms with E-state index in [1.54, 1.807) is 0 Å². The van der Waals surface area contributed by atoms with Crippen molar-refractivity contribution in [3.8, 4) is 0 Å². The van der Waals surface area contributed by atoms with Crippen molar-refractivity contribution in [1.29, 1.82) is 0 Å². The lowest BCUT2D eigenvalue weighted by Gasteiger charge is -2.29. The Hall–Kier alpha value is -1.45. The SMILES string of the molecule is CC(N)Cc1ccc2c(c1)Sc1ccccc1N2C. The highest BCUT2D eigenvalue weighted by Gasteiger charge is 2.20. The number of hydrogen-bond donors (Lipinski definition) is 1. The van der Waals surface area contributed by atoms with Crippen LogP contribution in [-0.4, -0.2) is 13.1 Å². The van der Waals surface area contributed by atoms with Gasteiger partial charge in [-0.2, -0.15) is 0 Å². The van der Waals surface area contributed by atoms with Crippen LogP contribution >= 0.6 is 11.8 Å². The lowest BCUT2D eigenvalue weighted by molar-refractivity contribution is 0.736. The second-order valence-electron chi connectivity index (χ2n) is 5.11. The first-order valence-electron chi connectivity index (χ1n) is 6.54. The largest absolute Gasteiger partial charge is 0.343 e. The van der Waals surface area contributed by atoms with E-state index in [0.29, 0.717) is 0 Å². The molecule has 98 valence electrons. The number of anilines is 2. The van der Waals surface area contributed by atoms with E-state index < -0.39 is 0 Å². The van der Waals surface area contributed by atoms with Gasteiger partial charge in [-0.1, -0.05) is 30.0 Å². The molecule has 1 aliphatic rings. The van der Waals surface area contributed by atoms with E-state index in [0.717, 1.165) is 6.42 Å². The van der Waals surface area contributed by atoms with E-state index in [4.69, 9.17) is 5.73 Å². The highest BCUT2D eigenvalue weighted by atomic mass is 32.2. The number of rotatable bonds is 2. The molecule has 3 rings (SSSR count). The molecular weight excluding hydrogens is 252 g/mol. The molecule has 0 saturated carbocycles. The molecule has 0 amide bonds. The monoisotopic (exact) mass is 270 g/mol. The van der Waals surface area contributed by atoms with Crippen LogP contribution in [0.1, 0.15) is 12.5 Å². The van der Waals surface area contributed by atoms with Crippen LogP contribution in [0.3, 0.4) is 0 Å². The number of hydrogen-bond acceptors (Lipinski definition) is 3. The van der Waals surface area contributed by atoms with Gasteiger partial charge in [0.15, 0.2) is 0 Å². The van der Waals surface area contributed by atoms with Gasteiger partial charge < -0.3 is 10.6 Å². The van der Waals surface area contributed by atoms with Crippen LogP contribution in [0.15, 0.2) is 52.3 Å². The van der Waals surface area contributed by atoms with E-state index in [9.17, 15) is 0 Å². The fraction of sp³-hybridized carbons (Fsp3) is 0.250. The summed E-state index contributed by atoms with van der Waals surface area (Å²) in [6.45, 7) is 2.05. The van der Waals surface area contributed by atoms with Crippen molar-refractivity contribution >= 4 is 23.1 Å². The quantitative estimate of drug-likeness (QED) is 0.899. The number of fused-ring (bicyclic) bond motifs is 2. The second kappa shape index (κ2) is 4.91. The highest BCUT2D eigenvalue weighted by Crippen LogP contribution is 2.47. The predicted octanol–water partition coefficient (Wildman–Crippen LogP) is 3.81. The number of benzene rings is 2. The van der Waals surface area contributed by atoms with Gasteiger partial charge in [-0.25, -0.2) is 0 Å². The third kappa shape index (κ3) is 2.36. The molecule has 2 aromatic carbocycles. The van der Waals surface area contributed by atoms with Gasteiger partial charge in [0.1, 0.15) is 0 Å². The molecule has 2 aromatic rings. The standard InChI is InChI=1S/C16H18N2S/c1-11(17)9-12-7-8-14-16(10-12)19-15-6-4-3-5-13(15)18(14)2/h3-8,10-11H,9,17H2,1-2H3. The molecule has 1 heterocycles. The minimum absolute atomic E-state index is 0.205. The molecule has 1 aliphatic heterocycles. The van der Waals surface area contributed by atoms with E-state index >= 15 is 0 Å². The summed E-state index contributed by atoms with van der Waals surface area (Å²) in [4.78, 5) is 4.89. The molecule has 1 unspecified atom stereocenters. The van der Waals surface area contributed by atoms with Crippen LogP contribution in [0.25, 0.3) is 0 Å². The van der Waals surface area contributed by atoms with Crippen LogP contribution in [0.5, 0.6) is 0 Å². The summed E-state index contributed by atoms with van der Waals surface area (Å²) >= 11 is 1.85. The highest BCUT2D eigenvalue weighted by molar-refractivity contribution is 7.99. The second-order valence-corrected chi connectivity index (χ2v) is 6.20. The lowest BCUT2D eigenvalue weighted by atomic mass is 10.1. The van der Waals surface area contributed by atoms with Crippen molar-refractivity contribution in [2.45, 2.75) is 29.2 Å². The Labute approximate surface area is 118 Å². The first kappa shape index (κ1) is 12.6. The van der Waals surface area contributed by atoms with E-state index in [1.807, 2.05) is 18.7 Å². The van der Waals surface area contributed by atoms with E-state index in [-0.39, 0.29) is 6.04 Å². The van der Waals surface area contributed by atoms with Crippen molar-refractivity contribution < 1.29 is 0 Å². The van der Waals surface area contributed by atoms with Crippen LogP contribution in [-0.2, 0) is 6.42 Å². The predicted molar refractivity (Wildman–Crippen MR) is 82.4 cm³/mol. The van der Waals surface area contributed by atoms with E-state index in [1.165, 1.54) is 26.7 Å². The Morgan fingerprint density at radius 2 is 1.84 bits per heavy atom. The molecule has 0 fully saturated rings. The van der Waals surface area contributed by atoms with Crippen LogP contribution in [0.2, 0.25) is 0 Å². The van der Waals surface area contributed by atoms with E-state index in [2.05, 4.69) is 54.4 Å². The maximum Gasteiger partial charge on any atom is 0.0550 e. The third-order valence-electron chi connectivity index (χ3n) is 3.39. The molecule has 2 N–H and O–H groups in total. The Balaban J connectivity index is 2.00. The summed E-state index contributed by atoms with van der Waals surface area (Å²) in [5.41, 5.74) is 9.75. The summed E-state index contributed by atoms with van der Waals surface area (Å²) in [6.07, 6.45) is 0.930. The lowest BCUT2D eigenvalue weighted by Crippen LogP contribution is -2.18. The van der Waals surface area contributed by atoms with Gasteiger partial charge in [-0.15, -0.1) is 0 Å². The Morgan fingerprint density at radius 3 is 2.63 bits per heavy atom. The van der Waals surface area contributed by atoms with Crippen molar-refractivity contribution in [2.24, 2.45) is 5.73 Å². The fourth-order valence-electron chi connectivity index (χ4n) is 2.48. The summed E-state index contributed by atoms with van der Waals surface area (Å²) in [5.74, 6) is 0. The van der Waals surface area contributed by atoms with Gasteiger partial charge in [0.05, 0.1) is 11.4 Å². The first-order valence-corrected chi connectivity index (χ1v) is 7.36. The van der Waals surface area contributed by atoms with Gasteiger partial charge in [-0.3, -0.25) is 0 Å². The molecule has 0 aromatic heterocycles. The molecule has 0 saturated heterocycles. The normalized spacial score (nSPS) is 14.8. The van der Waals surface area contributed by atoms with Crippen molar-refractivity contribution in [3.05, 3.63) is 48.0 Å². The Bertz CT molecular complexity index is 607. The fourth-order valence-corrected chi connectivity index (χ4v) is 3.70.